The van der Waals surface area contributed by atoms with Gasteiger partial charge in [-0.2, -0.15) is 61.9 Å². The maximum absolute atomic E-state index is 13.1. The number of nitrogens with two attached hydrogens (primary N) is 6. The van der Waals surface area contributed by atoms with E-state index >= 15 is 0 Å². The Labute approximate surface area is 911 Å². The van der Waals surface area contributed by atoms with Crippen LogP contribution in [0.3, 0.4) is 0 Å². The van der Waals surface area contributed by atoms with Crippen LogP contribution >= 0.6 is 22.4 Å². The molecular formula is C94H142B3F9IN22O20U. The van der Waals surface area contributed by atoms with Crippen molar-refractivity contribution < 1.29 is 167 Å². The number of hydrogen-bond donors (Lipinski definition) is 25. The van der Waals surface area contributed by atoms with Crippen molar-refractivity contribution in [2.24, 2.45) is 34.4 Å². The molecule has 0 heterocycles. The van der Waals surface area contributed by atoms with Crippen LogP contribution in [-0.2, 0) is 110 Å². The molecule has 6 aromatic carbocycles. The van der Waals surface area contributed by atoms with Crippen LogP contribution in [0.15, 0.2) is 164 Å². The van der Waals surface area contributed by atoms with E-state index in [1.54, 1.807) is 113 Å². The van der Waals surface area contributed by atoms with Gasteiger partial charge in [0.1, 0.15) is 64.5 Å². The zero-order chi connectivity index (χ0) is 117. The van der Waals surface area contributed by atoms with E-state index in [-0.39, 0.29) is 112 Å². The Morgan fingerprint density at radius 3 is 0.927 bits per heavy atom. The van der Waals surface area contributed by atoms with Crippen LogP contribution in [0.4, 0.5) is 66.2 Å². The van der Waals surface area contributed by atoms with Gasteiger partial charge in [-0.25, -0.2) is 9.59 Å². The first-order chi connectivity index (χ1) is 71.0. The van der Waals surface area contributed by atoms with Crippen LogP contribution < -0.4 is 119 Å². The molecule has 0 aliphatic rings. The number of halogens is 10. The van der Waals surface area contributed by atoms with Gasteiger partial charge >= 0.3 is 48.7 Å². The van der Waals surface area contributed by atoms with E-state index in [1.165, 1.54) is 43.4 Å². The van der Waals surface area contributed by atoms with E-state index < -0.39 is 195 Å². The number of nitrogens with one attached hydrogen (secondary N) is 16. The SMILES string of the molecule is CC(C)(C)OC(=O)OC(=O)OC(C)(C)C.CNC[C@@H](NC)C(=O)NC[C@H](NC)C(=O)N[C@@H](CCc1ccccc1)C(=O)Nc1cccc(C(F)(F)F)c1.CNC[C@@H](NC)C(=O)O.CN[C@@H](CN)C(=O)N[C@@H](CCc1ccccc1)C(=O)Nc1cccc(C(F)(F)F)c1.CN[C@H](CC(N)=O)C(=O)O.CN[C@H](CN)C(=O)O.NC[C@@H](N)C(=O)NC[C@H](N)C(=O)N[C@@H](CCc1ccccc1)C(=O)Nc1cccc(C(F)(F)F)c1.[3H]B([B])I.[3H][B][3H].[U]. The van der Waals surface area contributed by atoms with E-state index in [1.807, 2.05) is 91.0 Å². The molecule has 0 fully saturated rings. The van der Waals surface area contributed by atoms with Gasteiger partial charge < -0.3 is 149 Å². The van der Waals surface area contributed by atoms with Gasteiger partial charge in [-0.05, 0) is 212 Å². The smallest absolute Gasteiger partial charge is 0.480 e. The summed E-state index contributed by atoms with van der Waals surface area (Å²) in [5.41, 5.74) is 30.6. The van der Waals surface area contributed by atoms with Crippen LogP contribution in [0.2, 0.25) is 0 Å². The molecule has 831 valence electrons. The minimum atomic E-state index is -4.58. The number of anilines is 3. The molecule has 31 N–H and O–H groups in total. The average molecular weight is 2470 g/mol. The van der Waals surface area contributed by atoms with Crippen molar-refractivity contribution in [2.75, 3.05) is 118 Å². The second-order valence-corrected chi connectivity index (χ2v) is 34.1. The summed E-state index contributed by atoms with van der Waals surface area (Å²) in [7, 11) is 18.1. The summed E-state index contributed by atoms with van der Waals surface area (Å²) in [6, 6.07) is 31.3. The van der Waals surface area contributed by atoms with E-state index in [0.717, 1.165) is 53.1 Å². The van der Waals surface area contributed by atoms with Crippen molar-refractivity contribution >= 4 is 144 Å². The van der Waals surface area contributed by atoms with Crippen LogP contribution in [-0.4, -0.2) is 304 Å². The number of amides is 9. The molecule has 0 saturated carbocycles. The van der Waals surface area contributed by atoms with Crippen LogP contribution in [0.5, 0.6) is 0 Å². The number of carboxylic acids is 3. The summed E-state index contributed by atoms with van der Waals surface area (Å²) >= 11 is 1.79. The van der Waals surface area contributed by atoms with Crippen LogP contribution in [0.1, 0.15) is 101 Å². The topological polar surface area (TPSA) is 676 Å². The maximum Gasteiger partial charge on any atom is 0.519 e. The molecule has 6 aromatic rings. The fraction of sp³-hybridized carbons (Fsp3) is 0.468. The van der Waals surface area contributed by atoms with Gasteiger partial charge in [-0.15, -0.1) is 0 Å². The molecule has 0 saturated heterocycles. The summed E-state index contributed by atoms with van der Waals surface area (Å²) in [4.78, 5) is 163. The number of hydrogen-bond acceptors (Lipinski definition) is 30. The third-order valence-corrected chi connectivity index (χ3v) is 19.4. The molecule has 11 atom stereocenters. The minimum Gasteiger partial charge on any atom is -0.480 e. The fourth-order valence-corrected chi connectivity index (χ4v) is 11.6. The Balaban J connectivity index is -0.000000892. The number of aryl methyl sites for hydroxylation is 3. The van der Waals surface area contributed by atoms with Gasteiger partial charge in [0, 0.05) is 102 Å². The second kappa shape index (κ2) is 77.8. The van der Waals surface area contributed by atoms with Crippen LogP contribution in [0.25, 0.3) is 0 Å². The van der Waals surface area contributed by atoms with Crippen molar-refractivity contribution in [3.8, 4) is 0 Å². The molecule has 0 aliphatic carbocycles. The van der Waals surface area contributed by atoms with Crippen LogP contribution in [0, 0.1) is 31.1 Å². The first-order valence-corrected chi connectivity index (χ1v) is 46.7. The van der Waals surface area contributed by atoms with E-state index in [9.17, 15) is 107 Å². The number of carboxylic acid groups (broad SMARTS) is 3. The zero-order valence-corrected chi connectivity index (χ0v) is 91.9. The monoisotopic (exact) mass is 2470 g/mol. The average Bonchev–Trinajstić information content (AvgIpc) is 0.845. The number of rotatable bonds is 45. The molecule has 56 heteroatoms. The van der Waals surface area contributed by atoms with Gasteiger partial charge in [-0.3, -0.25) is 57.5 Å². The van der Waals surface area contributed by atoms with Crippen molar-refractivity contribution in [2.45, 2.75) is 183 Å². The third-order valence-electron chi connectivity index (χ3n) is 19.4. The van der Waals surface area contributed by atoms with Crippen molar-refractivity contribution in [1.82, 2.24) is 69.1 Å². The predicted molar refractivity (Wildman–Crippen MR) is 560 cm³/mol. The Morgan fingerprint density at radius 2 is 0.680 bits per heavy atom. The summed E-state index contributed by atoms with van der Waals surface area (Å²) < 4.78 is 149. The number of likely N-dealkylation sites (N-methyl/N-ethyl adjacent to an activating group) is 8. The molecule has 0 bridgehead atoms. The summed E-state index contributed by atoms with van der Waals surface area (Å²) in [6.07, 6.45) is -14.0. The molecule has 3 radical (unpaired) electrons. The minimum absolute atomic E-state index is 0. The number of primary amides is 1. The van der Waals surface area contributed by atoms with Crippen molar-refractivity contribution in [3.63, 3.8) is 0 Å². The molecule has 150 heavy (non-hydrogen) atoms. The second-order valence-electron chi connectivity index (χ2n) is 33.4. The quantitative estimate of drug-likeness (QED) is 0.00853. The number of ether oxygens (including phenoxy) is 3. The maximum atomic E-state index is 13.1. The van der Waals surface area contributed by atoms with Crippen molar-refractivity contribution in [1.29, 1.82) is 4.01 Å². The largest absolute Gasteiger partial charge is 0.519 e. The number of carbonyl (C=O) groups excluding carboxylic acids is 11. The summed E-state index contributed by atoms with van der Waals surface area (Å²) in [6.45, 7) is 10.6. The normalized spacial score (nSPS) is 13.2. The van der Waals surface area contributed by atoms with Gasteiger partial charge in [-0.1, -0.05) is 109 Å². The molecule has 42 nitrogen and oxygen atoms in total. The standard InChI is InChI=1S/C26H35F3N6O3.C23H29F3N6O3.C21H25F3N4O2.C10H18O5.C5H10N2O3.C5H12N2O2.C4H10N2O2.B2HI.BH2.U/c1-30-15-21(31-2)23(36)33-16-22(32-3)25(38)35-20(13-12-17-8-5-4-6-9-17)24(37)34-19-11-7-10-18(14-19)26(27,28)29;24-23(25,26)15-7-4-8-16(11-15)31-22(35)19(10-9-14-5-2-1-3-6-14)32-21(34)18(29)13-30-20(33)17(28)12-27;1-26-18(13-25)20(30)28-17(11-10-14-6-3-2-4-7-14)19(29)27-16-9-5-8-15(12-16)21(22,23)24;1-9(2,3)14-7(11)13-8(12)15-10(4,5)6;1-7-3(5(9)10)2-4(6)8;1-6-3-4(7-2)5(8)9;1-6-3(2-5)4(7)8;1-2-3;;/h4-11,14,20-22,30-32H,12-13,15-16H2,1-3H3,(H,33,36)(H,34,37)(H,35,38);1-8,11,17-19H,9-10,12-13,27-29H2,(H,30,33)(H,31,35)(H,32,34);2-9,12,17-18,26H,10-11,13,25H2,1H3,(H,27,29)(H,28,30);1-6H3;3,7H,2H2,1H3,(H2,6,8)(H,9,10);4,6-7H,3H2,1-2H3,(H,8,9);3,6H,2,5H2,1H3,(H,7,8);2H;1H2;/t20-,21+,22-;17-,18+,19+;17-,18-;;3-;4-;3-;;;/m010.111.../s1/i;;;;;;;2T;1T2;. The van der Waals surface area contributed by atoms with Gasteiger partial charge in [0.15, 0.2) is 0 Å². The molecule has 9 amide bonds. The third kappa shape index (κ3) is 65.6. The number of carbonyl (C=O) groups is 14. The first kappa shape index (κ1) is 139. The summed E-state index contributed by atoms with van der Waals surface area (Å²) in [5.74, 6) is -8.03. The Bertz CT molecular complexity index is 5040. The molecule has 0 aliphatic heterocycles. The molecule has 0 aromatic heterocycles. The Morgan fingerprint density at radius 1 is 0.393 bits per heavy atom. The predicted octanol–water partition coefficient (Wildman–Crippen LogP) is 1.92. The van der Waals surface area contributed by atoms with E-state index in [4.69, 9.17) is 70.9 Å². The molecular weight excluding hydrogens is 2330 g/mol. The van der Waals surface area contributed by atoms with E-state index in [2.05, 4.69) is 89.8 Å². The zero-order valence-electron chi connectivity index (χ0n) is 88.6. The van der Waals surface area contributed by atoms with Gasteiger partial charge in [0.25, 0.3) is 0 Å². The molecule has 0 spiro atoms. The van der Waals surface area contributed by atoms with Crippen molar-refractivity contribution in [3.05, 3.63) is 197 Å². The first-order valence-electron chi connectivity index (χ1n) is 47.2. The van der Waals surface area contributed by atoms with Gasteiger partial charge in [0.05, 0.1) is 49.6 Å². The fourth-order valence-electron chi connectivity index (χ4n) is 11.6. The Hall–Kier alpha value is -11.5. The molecule has 0 unspecified atom stereocenters. The van der Waals surface area contributed by atoms with E-state index in [0.29, 0.717) is 40.7 Å². The number of alkyl halides is 9. The summed E-state index contributed by atoms with van der Waals surface area (Å²) in [5, 5.41) is 67.0. The number of aliphatic carboxylic acids is 3. The Kier molecular flexibility index (Phi) is 71.8. The number of benzene rings is 6. The van der Waals surface area contributed by atoms with Gasteiger partial charge in [0.2, 0.25) is 53.2 Å². The molecule has 6 rings (SSSR count).